The zero-order chi connectivity index (χ0) is 12.4. The lowest BCUT2D eigenvalue weighted by molar-refractivity contribution is 0.498. The van der Waals surface area contributed by atoms with Crippen molar-refractivity contribution in [2.45, 2.75) is 24.9 Å². The van der Waals surface area contributed by atoms with Crippen LogP contribution in [0.4, 0.5) is 0 Å². The summed E-state index contributed by atoms with van der Waals surface area (Å²) in [6.45, 7) is 0. The van der Waals surface area contributed by atoms with Crippen molar-refractivity contribution in [2.24, 2.45) is 0 Å². The highest BCUT2D eigenvalue weighted by atomic mass is 35.5. The van der Waals surface area contributed by atoms with E-state index in [9.17, 15) is 0 Å². The van der Waals surface area contributed by atoms with Gasteiger partial charge in [0.1, 0.15) is 0 Å². The Morgan fingerprint density at radius 3 is 2.61 bits per heavy atom. The van der Waals surface area contributed by atoms with E-state index >= 15 is 0 Å². The second-order valence-corrected chi connectivity index (χ2v) is 7.12. The molecule has 0 fully saturated rings. The van der Waals surface area contributed by atoms with E-state index in [-0.39, 0.29) is 6.04 Å². The third-order valence-electron chi connectivity index (χ3n) is 3.12. The topological polar surface area (TPSA) is 12.0 Å². The molecule has 0 spiro atoms. The van der Waals surface area contributed by atoms with Gasteiger partial charge in [0.2, 0.25) is 0 Å². The molecule has 2 heterocycles. The highest BCUT2D eigenvalue weighted by molar-refractivity contribution is 7.16. The van der Waals surface area contributed by atoms with Crippen LogP contribution in [0.3, 0.4) is 0 Å². The first kappa shape index (κ1) is 12.4. The monoisotopic (exact) mass is 295 g/mol. The van der Waals surface area contributed by atoms with E-state index in [4.69, 9.17) is 11.6 Å². The summed E-state index contributed by atoms with van der Waals surface area (Å²) in [5.41, 5.74) is 0. The molecule has 1 aliphatic rings. The van der Waals surface area contributed by atoms with E-state index in [2.05, 4.69) is 41.0 Å². The molecule has 94 valence electrons. The first-order valence-electron chi connectivity index (χ1n) is 6.02. The summed E-state index contributed by atoms with van der Waals surface area (Å²) in [4.78, 5) is 2.66. The summed E-state index contributed by atoms with van der Waals surface area (Å²) in [7, 11) is 0. The maximum atomic E-state index is 6.06. The van der Waals surface area contributed by atoms with E-state index in [0.29, 0.717) is 6.04 Å². The number of thiophene rings is 2. The predicted octanol–water partition coefficient (Wildman–Crippen LogP) is 4.86. The minimum atomic E-state index is 0.285. The molecule has 1 nitrogen and oxygen atoms in total. The van der Waals surface area contributed by atoms with Crippen LogP contribution >= 0.6 is 34.3 Å². The van der Waals surface area contributed by atoms with Gasteiger partial charge in [0.05, 0.1) is 10.4 Å². The predicted molar refractivity (Wildman–Crippen MR) is 80.8 cm³/mol. The van der Waals surface area contributed by atoms with Crippen LogP contribution < -0.4 is 5.32 Å². The quantitative estimate of drug-likeness (QED) is 0.794. The molecule has 18 heavy (non-hydrogen) atoms. The zero-order valence-corrected chi connectivity index (χ0v) is 12.2. The minimum absolute atomic E-state index is 0.285. The van der Waals surface area contributed by atoms with Gasteiger partial charge in [0.15, 0.2) is 0 Å². The van der Waals surface area contributed by atoms with Crippen molar-refractivity contribution in [3.05, 3.63) is 55.9 Å². The molecule has 0 aliphatic heterocycles. The van der Waals surface area contributed by atoms with E-state index in [0.717, 1.165) is 17.2 Å². The molecule has 2 aromatic heterocycles. The molecule has 0 bridgehead atoms. The van der Waals surface area contributed by atoms with Crippen molar-refractivity contribution in [2.75, 3.05) is 0 Å². The van der Waals surface area contributed by atoms with E-state index in [1.54, 1.807) is 22.7 Å². The number of hydrogen-bond acceptors (Lipinski definition) is 3. The van der Waals surface area contributed by atoms with Crippen LogP contribution in [-0.4, -0.2) is 6.04 Å². The SMILES string of the molecule is Clc1ccc(C(NC2CC=CC2)c2cccs2)s1. The molecule has 3 rings (SSSR count). The van der Waals surface area contributed by atoms with Crippen LogP contribution in [-0.2, 0) is 0 Å². The van der Waals surface area contributed by atoms with Gasteiger partial charge in [0.25, 0.3) is 0 Å². The first-order valence-corrected chi connectivity index (χ1v) is 8.10. The summed E-state index contributed by atoms with van der Waals surface area (Å²) < 4.78 is 0.859. The lowest BCUT2D eigenvalue weighted by Crippen LogP contribution is -2.30. The van der Waals surface area contributed by atoms with Gasteiger partial charge in [-0.3, -0.25) is 0 Å². The Morgan fingerprint density at radius 2 is 2.00 bits per heavy atom. The fourth-order valence-electron chi connectivity index (χ4n) is 2.23. The van der Waals surface area contributed by atoms with Crippen molar-refractivity contribution >= 4 is 34.3 Å². The largest absolute Gasteiger partial charge is 0.302 e. The molecule has 1 atom stereocenters. The molecule has 4 heteroatoms. The fraction of sp³-hybridized carbons (Fsp3) is 0.286. The van der Waals surface area contributed by atoms with Crippen molar-refractivity contribution in [3.8, 4) is 0 Å². The maximum absolute atomic E-state index is 6.06. The smallest absolute Gasteiger partial charge is 0.0931 e. The summed E-state index contributed by atoms with van der Waals surface area (Å²) in [6, 6.07) is 9.25. The van der Waals surface area contributed by atoms with Gasteiger partial charge in [0, 0.05) is 15.8 Å². The second kappa shape index (κ2) is 5.57. The summed E-state index contributed by atoms with van der Waals surface area (Å²) >= 11 is 9.53. The van der Waals surface area contributed by atoms with Gasteiger partial charge in [-0.15, -0.1) is 22.7 Å². The molecule has 0 saturated heterocycles. The van der Waals surface area contributed by atoms with Crippen LogP contribution in [0, 0.1) is 0 Å². The Bertz CT molecular complexity index is 522. The van der Waals surface area contributed by atoms with Crippen molar-refractivity contribution in [1.29, 1.82) is 0 Å². The lowest BCUT2D eigenvalue weighted by atomic mass is 10.1. The average molecular weight is 296 g/mol. The van der Waals surface area contributed by atoms with Gasteiger partial charge in [-0.25, -0.2) is 0 Å². The van der Waals surface area contributed by atoms with Crippen molar-refractivity contribution in [3.63, 3.8) is 0 Å². The molecule has 1 aliphatic carbocycles. The number of nitrogens with one attached hydrogen (secondary N) is 1. The Hall–Kier alpha value is -0.610. The molecule has 0 radical (unpaired) electrons. The van der Waals surface area contributed by atoms with Gasteiger partial charge < -0.3 is 5.32 Å². The molecular formula is C14H14ClNS2. The molecule has 0 amide bonds. The molecular weight excluding hydrogens is 282 g/mol. The Balaban J connectivity index is 1.84. The van der Waals surface area contributed by atoms with Gasteiger partial charge in [-0.1, -0.05) is 29.8 Å². The highest BCUT2D eigenvalue weighted by Gasteiger charge is 2.21. The third-order valence-corrected chi connectivity index (χ3v) is 5.35. The number of halogens is 1. The molecule has 1 N–H and O–H groups in total. The maximum Gasteiger partial charge on any atom is 0.0931 e. The zero-order valence-electron chi connectivity index (χ0n) is 9.80. The fourth-order valence-corrected chi connectivity index (χ4v) is 4.25. The summed E-state index contributed by atoms with van der Waals surface area (Å²) in [5.74, 6) is 0. The molecule has 2 aromatic rings. The second-order valence-electron chi connectivity index (χ2n) is 4.40. The van der Waals surface area contributed by atoms with Crippen LogP contribution in [0.2, 0.25) is 4.34 Å². The van der Waals surface area contributed by atoms with Crippen LogP contribution in [0.15, 0.2) is 41.8 Å². The Labute approximate surface area is 120 Å². The van der Waals surface area contributed by atoms with Gasteiger partial charge >= 0.3 is 0 Å². The molecule has 0 aromatic carbocycles. The third kappa shape index (κ3) is 2.69. The average Bonchev–Trinajstić information content (AvgIpc) is 3.09. The van der Waals surface area contributed by atoms with E-state index < -0.39 is 0 Å². The standard InChI is InChI=1S/C14H14ClNS2/c15-13-8-7-12(18-13)14(11-6-3-9-17-11)16-10-4-1-2-5-10/h1-3,6-10,14,16H,4-5H2. The number of hydrogen-bond donors (Lipinski definition) is 1. The van der Waals surface area contributed by atoms with E-state index in [1.165, 1.54) is 9.75 Å². The first-order chi connectivity index (χ1) is 8.83. The lowest BCUT2D eigenvalue weighted by Gasteiger charge is -2.21. The Kier molecular flexibility index (Phi) is 3.85. The normalized spacial score (nSPS) is 17.4. The molecule has 0 saturated carbocycles. The number of rotatable bonds is 4. The van der Waals surface area contributed by atoms with Crippen LogP contribution in [0.5, 0.6) is 0 Å². The summed E-state index contributed by atoms with van der Waals surface area (Å²) in [6.07, 6.45) is 6.76. The van der Waals surface area contributed by atoms with Crippen molar-refractivity contribution in [1.82, 2.24) is 5.32 Å². The van der Waals surface area contributed by atoms with E-state index in [1.807, 2.05) is 6.07 Å². The van der Waals surface area contributed by atoms with Crippen LogP contribution in [0.25, 0.3) is 0 Å². The Morgan fingerprint density at radius 1 is 1.17 bits per heavy atom. The van der Waals surface area contributed by atoms with Gasteiger partial charge in [-0.2, -0.15) is 0 Å². The minimum Gasteiger partial charge on any atom is -0.302 e. The molecule has 1 unspecified atom stereocenters. The highest BCUT2D eigenvalue weighted by Crippen LogP contribution is 2.34. The summed E-state index contributed by atoms with van der Waals surface area (Å²) in [5, 5.41) is 5.88. The van der Waals surface area contributed by atoms with Gasteiger partial charge in [-0.05, 0) is 36.4 Å². The van der Waals surface area contributed by atoms with Crippen molar-refractivity contribution < 1.29 is 0 Å². The van der Waals surface area contributed by atoms with Crippen LogP contribution in [0.1, 0.15) is 28.6 Å².